The van der Waals surface area contributed by atoms with Crippen molar-refractivity contribution in [2.75, 3.05) is 6.54 Å². The van der Waals surface area contributed by atoms with Crippen molar-refractivity contribution in [3.8, 4) is 0 Å². The van der Waals surface area contributed by atoms with Gasteiger partial charge in [0.2, 0.25) is 0 Å². The monoisotopic (exact) mass is 109 g/mol. The zero-order valence-corrected chi connectivity index (χ0v) is 5.09. The Kier molecular flexibility index (Phi) is 5.61. The smallest absolute Gasteiger partial charge is 0.0110 e. The van der Waals surface area contributed by atoms with Gasteiger partial charge in [-0.25, -0.2) is 0 Å². The van der Waals surface area contributed by atoms with Crippen molar-refractivity contribution >= 4 is 0 Å². The molecule has 0 radical (unpaired) electrons. The number of hydrogen-bond donors (Lipinski definition) is 1. The van der Waals surface area contributed by atoms with Gasteiger partial charge < -0.3 is 5.73 Å². The molecule has 0 saturated heterocycles. The van der Waals surface area contributed by atoms with E-state index in [2.05, 4.69) is 5.73 Å². The van der Waals surface area contributed by atoms with Gasteiger partial charge in [-0.2, -0.15) is 0 Å². The maximum absolute atomic E-state index is 5.17. The van der Waals surface area contributed by atoms with Crippen molar-refractivity contribution in [3.05, 3.63) is 30.0 Å². The highest BCUT2D eigenvalue weighted by molar-refractivity contribution is 5.01. The molecule has 0 aliphatic rings. The van der Waals surface area contributed by atoms with E-state index in [0.29, 0.717) is 6.54 Å². The second kappa shape index (κ2) is 6.22. The Bertz CT molecular complexity index is 116. The largest absolute Gasteiger partial charge is 0.327 e. The second-order valence-corrected chi connectivity index (χ2v) is 1.29. The molecule has 8 heavy (non-hydrogen) atoms. The van der Waals surface area contributed by atoms with Crippen LogP contribution in [-0.2, 0) is 0 Å². The lowest BCUT2D eigenvalue weighted by Crippen LogP contribution is -1.91. The Labute approximate surface area is 50.2 Å². The third kappa shape index (κ3) is 5.22. The average molecular weight is 109 g/mol. The molecule has 0 bridgehead atoms. The Hall–Kier alpha value is -0.780. The van der Waals surface area contributed by atoms with E-state index < -0.39 is 0 Å². The van der Waals surface area contributed by atoms with Crippen LogP contribution >= 0.6 is 0 Å². The van der Waals surface area contributed by atoms with Crippen molar-refractivity contribution in [2.45, 2.75) is 6.92 Å². The molecule has 0 atom stereocenters. The fraction of sp³-hybridized carbons (Fsp3) is 0.286. The van der Waals surface area contributed by atoms with Crippen LogP contribution in [0.15, 0.2) is 30.0 Å². The maximum atomic E-state index is 5.17. The molecule has 0 heterocycles. The Balaban J connectivity index is 3.42. The highest BCUT2D eigenvalue weighted by Crippen LogP contribution is 1.70. The van der Waals surface area contributed by atoms with Gasteiger partial charge >= 0.3 is 0 Å². The van der Waals surface area contributed by atoms with Gasteiger partial charge in [0.25, 0.3) is 0 Å². The van der Waals surface area contributed by atoms with Crippen molar-refractivity contribution in [1.82, 2.24) is 0 Å². The van der Waals surface area contributed by atoms with E-state index >= 15 is 0 Å². The van der Waals surface area contributed by atoms with Crippen molar-refractivity contribution in [2.24, 2.45) is 5.73 Å². The van der Waals surface area contributed by atoms with Crippen molar-refractivity contribution < 1.29 is 0 Å². The summed E-state index contributed by atoms with van der Waals surface area (Å²) < 4.78 is 0. The highest BCUT2D eigenvalue weighted by Gasteiger charge is 1.57. The van der Waals surface area contributed by atoms with Crippen LogP contribution in [0, 0.1) is 0 Å². The van der Waals surface area contributed by atoms with Crippen LogP contribution in [0.4, 0.5) is 0 Å². The first-order valence-electron chi connectivity index (χ1n) is 2.64. The second-order valence-electron chi connectivity index (χ2n) is 1.29. The van der Waals surface area contributed by atoms with Crippen LogP contribution in [0.1, 0.15) is 6.92 Å². The third-order valence-electron chi connectivity index (χ3n) is 0.631. The summed E-state index contributed by atoms with van der Waals surface area (Å²) in [6.07, 6.45) is 7.42. The van der Waals surface area contributed by atoms with Gasteiger partial charge in [0.15, 0.2) is 0 Å². The van der Waals surface area contributed by atoms with E-state index in [4.69, 9.17) is 5.73 Å². The fourth-order valence-corrected chi connectivity index (χ4v) is 0.298. The molecule has 0 fully saturated rings. The van der Waals surface area contributed by atoms with Gasteiger partial charge in [0.1, 0.15) is 0 Å². The zero-order chi connectivity index (χ0) is 6.24. The Morgan fingerprint density at radius 2 is 2.38 bits per heavy atom. The Morgan fingerprint density at radius 3 is 2.88 bits per heavy atom. The molecule has 0 aromatic carbocycles. The van der Waals surface area contributed by atoms with Crippen LogP contribution in [-0.4, -0.2) is 6.54 Å². The predicted octanol–water partition coefficient (Wildman–Crippen LogP) is 1.23. The lowest BCUT2D eigenvalue weighted by Gasteiger charge is -1.70. The first-order valence-corrected chi connectivity index (χ1v) is 2.64. The molecular formula is C7H11N. The number of rotatable bonds is 2. The highest BCUT2D eigenvalue weighted by atomic mass is 14.5. The molecule has 0 unspecified atom stereocenters. The van der Waals surface area contributed by atoms with Crippen LogP contribution in [0.3, 0.4) is 0 Å². The van der Waals surface area contributed by atoms with Crippen molar-refractivity contribution in [1.29, 1.82) is 0 Å². The molecule has 2 N–H and O–H groups in total. The molecule has 0 rings (SSSR count). The first-order chi connectivity index (χ1) is 3.91. The van der Waals surface area contributed by atoms with Gasteiger partial charge in [-0.05, 0) is 19.1 Å². The molecule has 44 valence electrons. The molecule has 0 aliphatic heterocycles. The minimum absolute atomic E-state index is 0.599. The molecular weight excluding hydrogens is 98.1 g/mol. The molecule has 1 nitrogen and oxygen atoms in total. The van der Waals surface area contributed by atoms with E-state index in [1.165, 1.54) is 0 Å². The molecule has 0 amide bonds. The van der Waals surface area contributed by atoms with Crippen LogP contribution in [0.5, 0.6) is 0 Å². The summed E-state index contributed by atoms with van der Waals surface area (Å²) in [7, 11) is 0. The lowest BCUT2D eigenvalue weighted by atomic mass is 10.4. The average Bonchev–Trinajstić information content (AvgIpc) is 1.81. The molecule has 0 spiro atoms. The topological polar surface area (TPSA) is 26.0 Å². The molecule has 1 heteroatoms. The van der Waals surface area contributed by atoms with Crippen LogP contribution < -0.4 is 5.73 Å². The number of allylic oxidation sites excluding steroid dienone is 2. The molecule has 0 aliphatic carbocycles. The van der Waals surface area contributed by atoms with Gasteiger partial charge in [-0.3, -0.25) is 0 Å². The summed E-state index contributed by atoms with van der Waals surface area (Å²) in [5.41, 5.74) is 8.06. The third-order valence-corrected chi connectivity index (χ3v) is 0.631. The molecule has 0 aromatic rings. The summed E-state index contributed by atoms with van der Waals surface area (Å²) in [5.74, 6) is 0. The minimum Gasteiger partial charge on any atom is -0.327 e. The molecule has 0 aromatic heterocycles. The van der Waals surface area contributed by atoms with Crippen LogP contribution in [0.25, 0.3) is 0 Å². The van der Waals surface area contributed by atoms with E-state index in [9.17, 15) is 0 Å². The fourth-order valence-electron chi connectivity index (χ4n) is 0.298. The van der Waals surface area contributed by atoms with E-state index in [0.717, 1.165) is 0 Å². The van der Waals surface area contributed by atoms with Crippen LogP contribution in [0.2, 0.25) is 0 Å². The summed E-state index contributed by atoms with van der Waals surface area (Å²) in [5, 5.41) is 0. The number of nitrogens with two attached hydrogens (primary N) is 1. The van der Waals surface area contributed by atoms with Gasteiger partial charge in [-0.1, -0.05) is 12.2 Å². The summed E-state index contributed by atoms with van der Waals surface area (Å²) in [6, 6.07) is 0. The van der Waals surface area contributed by atoms with Gasteiger partial charge in [0, 0.05) is 6.54 Å². The van der Waals surface area contributed by atoms with E-state index in [-0.39, 0.29) is 0 Å². The summed E-state index contributed by atoms with van der Waals surface area (Å²) >= 11 is 0. The minimum atomic E-state index is 0.599. The maximum Gasteiger partial charge on any atom is 0.0110 e. The Morgan fingerprint density at radius 1 is 1.62 bits per heavy atom. The first kappa shape index (κ1) is 7.22. The number of hydrogen-bond acceptors (Lipinski definition) is 1. The SMILES string of the molecule is CC=C=CC=CCN. The quantitative estimate of drug-likeness (QED) is 0.419. The summed E-state index contributed by atoms with van der Waals surface area (Å²) in [6.45, 7) is 2.52. The molecule has 0 saturated carbocycles. The standard InChI is InChI=1S/C7H11N/c1-2-3-4-5-6-7-8/h2,4-6H,7-8H2,1H3. The zero-order valence-electron chi connectivity index (χ0n) is 5.09. The summed E-state index contributed by atoms with van der Waals surface area (Å²) in [4.78, 5) is 0. The predicted molar refractivity (Wildman–Crippen MR) is 36.5 cm³/mol. The van der Waals surface area contributed by atoms with E-state index in [1.54, 1.807) is 0 Å². The van der Waals surface area contributed by atoms with Crippen molar-refractivity contribution in [3.63, 3.8) is 0 Å². The van der Waals surface area contributed by atoms with Gasteiger partial charge in [-0.15, -0.1) is 5.73 Å². The lowest BCUT2D eigenvalue weighted by molar-refractivity contribution is 1.25. The van der Waals surface area contributed by atoms with E-state index in [1.807, 2.05) is 31.2 Å². The van der Waals surface area contributed by atoms with Gasteiger partial charge in [0.05, 0.1) is 0 Å². The normalized spacial score (nSPS) is 8.75.